The van der Waals surface area contributed by atoms with E-state index in [-0.39, 0.29) is 11.9 Å². The van der Waals surface area contributed by atoms with Crippen molar-refractivity contribution in [2.24, 2.45) is 0 Å². The zero-order valence-electron chi connectivity index (χ0n) is 16.9. The molecule has 142 valence electrons. The van der Waals surface area contributed by atoms with E-state index in [1.54, 1.807) is 0 Å². The third kappa shape index (κ3) is 3.45. The summed E-state index contributed by atoms with van der Waals surface area (Å²) in [6.45, 7) is 15.5. The summed E-state index contributed by atoms with van der Waals surface area (Å²) in [6.07, 6.45) is 0. The molecule has 1 saturated heterocycles. The summed E-state index contributed by atoms with van der Waals surface area (Å²) in [7, 11) is 0. The molecule has 0 bridgehead atoms. The highest BCUT2D eigenvalue weighted by molar-refractivity contribution is 6.33. The van der Waals surface area contributed by atoms with Crippen LogP contribution in [0, 0.1) is 0 Å². The monoisotopic (exact) mass is 356 g/mol. The lowest BCUT2D eigenvalue weighted by Crippen LogP contribution is -2.46. The fourth-order valence-corrected chi connectivity index (χ4v) is 3.82. The van der Waals surface area contributed by atoms with Crippen LogP contribution in [-0.4, -0.2) is 48.6 Å². The first-order chi connectivity index (χ1) is 12.3. The van der Waals surface area contributed by atoms with Crippen molar-refractivity contribution in [2.45, 2.75) is 59.7 Å². The number of anilines is 2. The standard InChI is InChI=1S/C21H32N4O/c1-13(2)23-16-7-8-19-17(11-16)20(21(26)25(19)15(5)6)18-12-24(14(3)4)10-9-22-18/h7-8,11,13-15,22-23H,9-10,12H2,1-6H3/b20-18-. The van der Waals surface area contributed by atoms with Gasteiger partial charge < -0.3 is 15.5 Å². The van der Waals surface area contributed by atoms with Crippen molar-refractivity contribution in [3.05, 3.63) is 29.5 Å². The van der Waals surface area contributed by atoms with Crippen molar-refractivity contribution in [2.75, 3.05) is 29.9 Å². The number of amides is 1. The fraction of sp³-hybridized carbons (Fsp3) is 0.571. The van der Waals surface area contributed by atoms with Crippen molar-refractivity contribution < 1.29 is 4.79 Å². The van der Waals surface area contributed by atoms with Crippen LogP contribution in [0.2, 0.25) is 0 Å². The van der Waals surface area contributed by atoms with Crippen LogP contribution in [0.5, 0.6) is 0 Å². The molecule has 0 unspecified atom stereocenters. The number of fused-ring (bicyclic) bond motifs is 1. The lowest BCUT2D eigenvalue weighted by molar-refractivity contribution is -0.113. The van der Waals surface area contributed by atoms with E-state index in [0.717, 1.165) is 47.8 Å². The van der Waals surface area contributed by atoms with Crippen LogP contribution < -0.4 is 15.5 Å². The molecular formula is C21H32N4O. The van der Waals surface area contributed by atoms with E-state index in [0.29, 0.717) is 12.1 Å². The van der Waals surface area contributed by atoms with Crippen molar-refractivity contribution in [3.63, 3.8) is 0 Å². The maximum Gasteiger partial charge on any atom is 0.261 e. The molecule has 0 aliphatic carbocycles. The van der Waals surface area contributed by atoms with Gasteiger partial charge in [0, 0.05) is 54.7 Å². The van der Waals surface area contributed by atoms with Crippen molar-refractivity contribution >= 4 is 22.9 Å². The molecule has 5 heteroatoms. The predicted molar refractivity (Wildman–Crippen MR) is 109 cm³/mol. The Kier molecular flexibility index (Phi) is 5.28. The van der Waals surface area contributed by atoms with Crippen LogP contribution in [0.4, 0.5) is 11.4 Å². The van der Waals surface area contributed by atoms with Gasteiger partial charge in [0.15, 0.2) is 0 Å². The van der Waals surface area contributed by atoms with E-state index in [9.17, 15) is 4.79 Å². The van der Waals surface area contributed by atoms with Gasteiger partial charge in [-0.1, -0.05) is 0 Å². The molecule has 0 aromatic heterocycles. The van der Waals surface area contributed by atoms with E-state index in [1.807, 2.05) is 4.90 Å². The van der Waals surface area contributed by atoms with Crippen LogP contribution in [0.1, 0.15) is 47.1 Å². The van der Waals surface area contributed by atoms with Gasteiger partial charge in [0.05, 0.1) is 11.3 Å². The molecule has 1 amide bonds. The first-order valence-corrected chi connectivity index (χ1v) is 9.75. The van der Waals surface area contributed by atoms with Gasteiger partial charge in [-0.15, -0.1) is 0 Å². The number of benzene rings is 1. The number of hydrogen-bond donors (Lipinski definition) is 2. The van der Waals surface area contributed by atoms with Gasteiger partial charge in [-0.2, -0.15) is 0 Å². The molecule has 0 saturated carbocycles. The van der Waals surface area contributed by atoms with E-state index >= 15 is 0 Å². The molecule has 2 aliphatic heterocycles. The predicted octanol–water partition coefficient (Wildman–Crippen LogP) is 3.29. The highest BCUT2D eigenvalue weighted by Crippen LogP contribution is 2.41. The lowest BCUT2D eigenvalue weighted by atomic mass is 10.0. The SMILES string of the molecule is CC(C)Nc1ccc2c(c1)/C(=C1\CN(C(C)C)CCN1)C(=O)N2C(C)C. The smallest absolute Gasteiger partial charge is 0.261 e. The average molecular weight is 357 g/mol. The number of nitrogens with one attached hydrogen (secondary N) is 2. The number of piperazine rings is 1. The van der Waals surface area contributed by atoms with Gasteiger partial charge in [0.25, 0.3) is 5.91 Å². The third-order valence-electron chi connectivity index (χ3n) is 5.06. The number of carbonyl (C=O) groups is 1. The Balaban J connectivity index is 2.09. The highest BCUT2D eigenvalue weighted by Gasteiger charge is 2.37. The summed E-state index contributed by atoms with van der Waals surface area (Å²) in [4.78, 5) is 17.6. The van der Waals surface area contributed by atoms with Gasteiger partial charge in [-0.25, -0.2) is 0 Å². The summed E-state index contributed by atoms with van der Waals surface area (Å²) in [6, 6.07) is 7.24. The van der Waals surface area contributed by atoms with E-state index in [4.69, 9.17) is 0 Å². The minimum atomic E-state index is 0.116. The van der Waals surface area contributed by atoms with E-state index < -0.39 is 0 Å². The summed E-state index contributed by atoms with van der Waals surface area (Å²) in [5.74, 6) is 0.116. The van der Waals surface area contributed by atoms with Gasteiger partial charge in [-0.3, -0.25) is 9.69 Å². The molecular weight excluding hydrogens is 324 g/mol. The Hall–Kier alpha value is -2.01. The highest BCUT2D eigenvalue weighted by atomic mass is 16.2. The normalized spacial score (nSPS) is 21.0. The van der Waals surface area contributed by atoms with Gasteiger partial charge in [0.2, 0.25) is 0 Å². The van der Waals surface area contributed by atoms with Gasteiger partial charge in [0.1, 0.15) is 0 Å². The number of nitrogens with zero attached hydrogens (tertiary/aromatic N) is 2. The van der Waals surface area contributed by atoms with Crippen molar-refractivity contribution in [1.82, 2.24) is 10.2 Å². The molecule has 1 aromatic carbocycles. The Morgan fingerprint density at radius 3 is 2.42 bits per heavy atom. The molecule has 1 fully saturated rings. The molecule has 0 atom stereocenters. The second-order valence-electron chi connectivity index (χ2n) is 8.14. The number of carbonyl (C=O) groups excluding carboxylic acids is 1. The van der Waals surface area contributed by atoms with Crippen LogP contribution >= 0.6 is 0 Å². The first-order valence-electron chi connectivity index (χ1n) is 9.75. The Morgan fingerprint density at radius 2 is 1.81 bits per heavy atom. The van der Waals surface area contributed by atoms with E-state index in [2.05, 4.69) is 75.3 Å². The van der Waals surface area contributed by atoms with Crippen molar-refractivity contribution in [1.29, 1.82) is 0 Å². The Labute approximate surface area is 157 Å². The van der Waals surface area contributed by atoms with Crippen LogP contribution in [0.3, 0.4) is 0 Å². The van der Waals surface area contributed by atoms with E-state index in [1.165, 1.54) is 0 Å². The summed E-state index contributed by atoms with van der Waals surface area (Å²) < 4.78 is 0. The minimum absolute atomic E-state index is 0.116. The molecule has 2 heterocycles. The largest absolute Gasteiger partial charge is 0.385 e. The first kappa shape index (κ1) is 18.8. The number of hydrogen-bond acceptors (Lipinski definition) is 4. The molecule has 0 spiro atoms. The maximum atomic E-state index is 13.3. The molecule has 3 rings (SSSR count). The summed E-state index contributed by atoms with van der Waals surface area (Å²) in [5.41, 5.74) is 5.02. The second-order valence-corrected chi connectivity index (χ2v) is 8.14. The molecule has 0 radical (unpaired) electrons. The average Bonchev–Trinajstić information content (AvgIpc) is 2.85. The third-order valence-corrected chi connectivity index (χ3v) is 5.06. The minimum Gasteiger partial charge on any atom is -0.385 e. The van der Waals surface area contributed by atoms with Crippen LogP contribution in [-0.2, 0) is 4.79 Å². The number of rotatable bonds is 4. The lowest BCUT2D eigenvalue weighted by Gasteiger charge is -2.33. The summed E-state index contributed by atoms with van der Waals surface area (Å²) in [5, 5.41) is 6.97. The molecule has 2 N–H and O–H groups in total. The second kappa shape index (κ2) is 7.31. The Morgan fingerprint density at radius 1 is 1.08 bits per heavy atom. The van der Waals surface area contributed by atoms with Crippen molar-refractivity contribution in [3.8, 4) is 0 Å². The zero-order valence-corrected chi connectivity index (χ0v) is 16.9. The van der Waals surface area contributed by atoms with Gasteiger partial charge in [-0.05, 0) is 59.7 Å². The maximum absolute atomic E-state index is 13.3. The summed E-state index contributed by atoms with van der Waals surface area (Å²) >= 11 is 0. The topological polar surface area (TPSA) is 47.6 Å². The Bertz CT molecular complexity index is 721. The molecule has 26 heavy (non-hydrogen) atoms. The quantitative estimate of drug-likeness (QED) is 0.813. The molecule has 2 aliphatic rings. The molecule has 1 aromatic rings. The fourth-order valence-electron chi connectivity index (χ4n) is 3.82. The van der Waals surface area contributed by atoms with Crippen LogP contribution in [0.15, 0.2) is 23.9 Å². The molecule has 5 nitrogen and oxygen atoms in total. The van der Waals surface area contributed by atoms with Gasteiger partial charge >= 0.3 is 0 Å². The van der Waals surface area contributed by atoms with Crippen LogP contribution in [0.25, 0.3) is 5.57 Å². The zero-order chi connectivity index (χ0) is 19.0.